The molecule has 0 heterocycles. The number of rotatable bonds is 9. The predicted molar refractivity (Wildman–Crippen MR) is 84.8 cm³/mol. The molecule has 0 aromatic heterocycles. The SMILES string of the molecule is CCNCc1ccc(OCCS(=O)(=O)C(C)C)c(OC)c1. The van der Waals surface area contributed by atoms with Crippen molar-refractivity contribution < 1.29 is 17.9 Å². The van der Waals surface area contributed by atoms with Crippen molar-refractivity contribution in [2.24, 2.45) is 0 Å². The highest BCUT2D eigenvalue weighted by Gasteiger charge is 2.16. The van der Waals surface area contributed by atoms with E-state index in [0.717, 1.165) is 18.7 Å². The molecule has 21 heavy (non-hydrogen) atoms. The molecule has 0 bridgehead atoms. The van der Waals surface area contributed by atoms with Crippen LogP contribution in [0.2, 0.25) is 0 Å². The van der Waals surface area contributed by atoms with Crippen molar-refractivity contribution in [3.63, 3.8) is 0 Å². The molecule has 0 saturated carbocycles. The Hall–Kier alpha value is -1.27. The van der Waals surface area contributed by atoms with Gasteiger partial charge in [-0.2, -0.15) is 0 Å². The van der Waals surface area contributed by atoms with Crippen molar-refractivity contribution in [3.05, 3.63) is 23.8 Å². The van der Waals surface area contributed by atoms with E-state index in [1.54, 1.807) is 21.0 Å². The highest BCUT2D eigenvalue weighted by atomic mass is 32.2. The number of hydrogen-bond donors (Lipinski definition) is 1. The zero-order valence-corrected chi connectivity index (χ0v) is 14.0. The Morgan fingerprint density at radius 3 is 2.52 bits per heavy atom. The fourth-order valence-electron chi connectivity index (χ4n) is 1.71. The third-order valence-electron chi connectivity index (χ3n) is 3.15. The second-order valence-corrected chi connectivity index (χ2v) is 7.71. The average molecular weight is 315 g/mol. The maximum atomic E-state index is 11.7. The molecular weight excluding hydrogens is 290 g/mol. The summed E-state index contributed by atoms with van der Waals surface area (Å²) >= 11 is 0. The molecule has 0 aliphatic carbocycles. The monoisotopic (exact) mass is 315 g/mol. The first-order valence-electron chi connectivity index (χ1n) is 7.12. The highest BCUT2D eigenvalue weighted by molar-refractivity contribution is 7.91. The molecule has 0 saturated heterocycles. The van der Waals surface area contributed by atoms with Crippen LogP contribution in [0.15, 0.2) is 18.2 Å². The van der Waals surface area contributed by atoms with Crippen molar-refractivity contribution >= 4 is 9.84 Å². The Balaban J connectivity index is 2.67. The van der Waals surface area contributed by atoms with Gasteiger partial charge in [0, 0.05) is 6.54 Å². The second-order valence-electron chi connectivity index (χ2n) is 5.03. The largest absolute Gasteiger partial charge is 0.493 e. The average Bonchev–Trinajstić information content (AvgIpc) is 2.45. The Morgan fingerprint density at radius 1 is 1.24 bits per heavy atom. The zero-order chi connectivity index (χ0) is 15.9. The van der Waals surface area contributed by atoms with E-state index in [-0.39, 0.29) is 17.6 Å². The second kappa shape index (κ2) is 8.24. The van der Waals surface area contributed by atoms with E-state index >= 15 is 0 Å². The quantitative estimate of drug-likeness (QED) is 0.755. The van der Waals surface area contributed by atoms with E-state index in [1.165, 1.54) is 0 Å². The Bertz CT molecular complexity index is 541. The molecule has 1 rings (SSSR count). The van der Waals surface area contributed by atoms with E-state index in [9.17, 15) is 8.42 Å². The molecule has 0 unspecified atom stereocenters. The van der Waals surface area contributed by atoms with Gasteiger partial charge in [0.05, 0.1) is 18.1 Å². The molecule has 0 spiro atoms. The van der Waals surface area contributed by atoms with Gasteiger partial charge < -0.3 is 14.8 Å². The van der Waals surface area contributed by atoms with Crippen LogP contribution < -0.4 is 14.8 Å². The Morgan fingerprint density at radius 2 is 1.95 bits per heavy atom. The van der Waals surface area contributed by atoms with Crippen molar-refractivity contribution in [2.75, 3.05) is 26.0 Å². The minimum Gasteiger partial charge on any atom is -0.493 e. The third-order valence-corrected chi connectivity index (χ3v) is 5.32. The molecule has 0 aliphatic heterocycles. The number of hydrogen-bond acceptors (Lipinski definition) is 5. The van der Waals surface area contributed by atoms with E-state index in [0.29, 0.717) is 11.5 Å². The van der Waals surface area contributed by atoms with Gasteiger partial charge in [0.15, 0.2) is 21.3 Å². The summed E-state index contributed by atoms with van der Waals surface area (Å²) in [6, 6.07) is 5.65. The van der Waals surface area contributed by atoms with Gasteiger partial charge in [-0.1, -0.05) is 13.0 Å². The van der Waals surface area contributed by atoms with Crippen LogP contribution in [0.1, 0.15) is 26.3 Å². The minimum absolute atomic E-state index is 0.00691. The van der Waals surface area contributed by atoms with E-state index < -0.39 is 9.84 Å². The molecule has 1 aromatic carbocycles. The standard InChI is InChI=1S/C15H25NO4S/c1-5-16-11-13-6-7-14(15(10-13)19-4)20-8-9-21(17,18)12(2)3/h6-7,10,12,16H,5,8-9,11H2,1-4H3. The lowest BCUT2D eigenvalue weighted by atomic mass is 10.2. The van der Waals surface area contributed by atoms with Crippen molar-refractivity contribution in [3.8, 4) is 11.5 Å². The lowest BCUT2D eigenvalue weighted by Crippen LogP contribution is -2.22. The predicted octanol–water partition coefficient (Wildman–Crippen LogP) is 2.01. The number of benzene rings is 1. The van der Waals surface area contributed by atoms with Crippen molar-refractivity contribution in [1.82, 2.24) is 5.32 Å². The maximum Gasteiger partial charge on any atom is 0.161 e. The summed E-state index contributed by atoms with van der Waals surface area (Å²) in [4.78, 5) is 0. The molecule has 0 aliphatic rings. The zero-order valence-electron chi connectivity index (χ0n) is 13.2. The molecule has 0 radical (unpaired) electrons. The van der Waals surface area contributed by atoms with Gasteiger partial charge >= 0.3 is 0 Å². The fraction of sp³-hybridized carbons (Fsp3) is 0.600. The van der Waals surface area contributed by atoms with Crippen molar-refractivity contribution in [1.29, 1.82) is 0 Å². The lowest BCUT2D eigenvalue weighted by molar-refractivity contribution is 0.311. The molecule has 120 valence electrons. The number of sulfone groups is 1. The molecule has 6 heteroatoms. The topological polar surface area (TPSA) is 64.6 Å². The van der Waals surface area contributed by atoms with Crippen LogP contribution in [0, 0.1) is 0 Å². The number of nitrogens with one attached hydrogen (secondary N) is 1. The minimum atomic E-state index is -3.08. The molecule has 0 amide bonds. The van der Waals surface area contributed by atoms with Gasteiger partial charge in [-0.05, 0) is 38.1 Å². The normalized spacial score (nSPS) is 11.7. The summed E-state index contributed by atoms with van der Waals surface area (Å²) in [5.74, 6) is 1.19. The first-order valence-corrected chi connectivity index (χ1v) is 8.84. The molecule has 5 nitrogen and oxygen atoms in total. The van der Waals surface area contributed by atoms with Gasteiger partial charge in [0.1, 0.15) is 6.61 Å². The first kappa shape index (κ1) is 17.8. The van der Waals surface area contributed by atoms with E-state index in [1.807, 2.05) is 25.1 Å². The molecule has 0 atom stereocenters. The molecule has 1 N–H and O–H groups in total. The highest BCUT2D eigenvalue weighted by Crippen LogP contribution is 2.28. The summed E-state index contributed by atoms with van der Waals surface area (Å²) in [6.45, 7) is 7.17. The number of methoxy groups -OCH3 is 1. The van der Waals surface area contributed by atoms with Crippen LogP contribution in [0.3, 0.4) is 0 Å². The van der Waals surface area contributed by atoms with Crippen molar-refractivity contribution in [2.45, 2.75) is 32.6 Å². The maximum absolute atomic E-state index is 11.7. The van der Waals surface area contributed by atoms with Crippen LogP contribution in [0.5, 0.6) is 11.5 Å². The van der Waals surface area contributed by atoms with Gasteiger partial charge in [0.25, 0.3) is 0 Å². The molecule has 0 fully saturated rings. The van der Waals surface area contributed by atoms with Crippen LogP contribution in [-0.2, 0) is 16.4 Å². The van der Waals surface area contributed by atoms with Gasteiger partial charge in [0.2, 0.25) is 0 Å². The third kappa shape index (κ3) is 5.55. The van der Waals surface area contributed by atoms with Crippen LogP contribution in [0.25, 0.3) is 0 Å². The summed E-state index contributed by atoms with van der Waals surface area (Å²) in [5.41, 5.74) is 1.09. The van der Waals surface area contributed by atoms with Gasteiger partial charge in [-0.3, -0.25) is 0 Å². The van der Waals surface area contributed by atoms with Crippen LogP contribution >= 0.6 is 0 Å². The fourth-order valence-corrected chi connectivity index (χ4v) is 2.50. The Labute approximate surface area is 127 Å². The summed E-state index contributed by atoms with van der Waals surface area (Å²) < 4.78 is 34.3. The smallest absolute Gasteiger partial charge is 0.161 e. The molecular formula is C15H25NO4S. The van der Waals surface area contributed by atoms with Gasteiger partial charge in [-0.15, -0.1) is 0 Å². The summed E-state index contributed by atoms with van der Waals surface area (Å²) in [6.07, 6.45) is 0. The van der Waals surface area contributed by atoms with Crippen LogP contribution in [-0.4, -0.2) is 39.7 Å². The van der Waals surface area contributed by atoms with E-state index in [4.69, 9.17) is 9.47 Å². The Kier molecular flexibility index (Phi) is 6.98. The lowest BCUT2D eigenvalue weighted by Gasteiger charge is -2.13. The van der Waals surface area contributed by atoms with Crippen LogP contribution in [0.4, 0.5) is 0 Å². The summed E-state index contributed by atoms with van der Waals surface area (Å²) in [7, 11) is -1.51. The molecule has 1 aromatic rings. The van der Waals surface area contributed by atoms with Gasteiger partial charge in [-0.25, -0.2) is 8.42 Å². The first-order chi connectivity index (χ1) is 9.90. The van der Waals surface area contributed by atoms with E-state index in [2.05, 4.69) is 5.32 Å². The summed E-state index contributed by atoms with van der Waals surface area (Å²) in [5, 5.41) is 2.85. The number of ether oxygens (including phenoxy) is 2.